The van der Waals surface area contributed by atoms with Gasteiger partial charge >= 0.3 is 0 Å². The van der Waals surface area contributed by atoms with E-state index in [4.69, 9.17) is 5.11 Å². The number of benzene rings is 1. The fourth-order valence-corrected chi connectivity index (χ4v) is 1.31. The third-order valence-electron chi connectivity index (χ3n) is 1.98. The van der Waals surface area contributed by atoms with Crippen LogP contribution in [0.4, 0.5) is 8.78 Å². The minimum Gasteiger partial charge on any atom is -0.393 e. The second-order valence-electron chi connectivity index (χ2n) is 3.01. The SMILES string of the molecule is C[C@@H](O)C(c1ccccc1)C(F)F. The molecule has 0 aliphatic heterocycles. The Kier molecular flexibility index (Phi) is 3.37. The Balaban J connectivity index is 2.89. The van der Waals surface area contributed by atoms with Crippen LogP contribution in [0.1, 0.15) is 18.4 Å². The lowest BCUT2D eigenvalue weighted by atomic mass is 9.95. The Labute approximate surface area is 76.0 Å². The highest BCUT2D eigenvalue weighted by atomic mass is 19.3. The van der Waals surface area contributed by atoms with Gasteiger partial charge in [0.1, 0.15) is 0 Å². The minimum absolute atomic E-state index is 0.479. The fraction of sp³-hybridized carbons (Fsp3) is 0.400. The molecule has 0 aliphatic rings. The Bertz CT molecular complexity index is 238. The van der Waals surface area contributed by atoms with Gasteiger partial charge in [-0.2, -0.15) is 0 Å². The van der Waals surface area contributed by atoms with E-state index in [2.05, 4.69) is 0 Å². The van der Waals surface area contributed by atoms with Crippen molar-refractivity contribution in [1.29, 1.82) is 0 Å². The molecule has 1 unspecified atom stereocenters. The van der Waals surface area contributed by atoms with E-state index in [1.165, 1.54) is 6.92 Å². The lowest BCUT2D eigenvalue weighted by Gasteiger charge is -2.18. The van der Waals surface area contributed by atoms with E-state index in [-0.39, 0.29) is 0 Å². The summed E-state index contributed by atoms with van der Waals surface area (Å²) in [4.78, 5) is 0. The van der Waals surface area contributed by atoms with Gasteiger partial charge in [-0.05, 0) is 12.5 Å². The summed E-state index contributed by atoms with van der Waals surface area (Å²) in [5.74, 6) is -1.08. The van der Waals surface area contributed by atoms with E-state index >= 15 is 0 Å². The quantitative estimate of drug-likeness (QED) is 0.768. The maximum absolute atomic E-state index is 12.5. The standard InChI is InChI=1S/C10H12F2O/c1-7(13)9(10(11)12)8-5-3-2-4-6-8/h2-7,9-10,13H,1H3/t7-,9?/m1/s1. The topological polar surface area (TPSA) is 20.2 Å². The number of hydrogen-bond acceptors (Lipinski definition) is 1. The molecule has 3 heteroatoms. The van der Waals surface area contributed by atoms with Crippen LogP contribution in [0.3, 0.4) is 0 Å². The largest absolute Gasteiger partial charge is 0.393 e. The first-order valence-electron chi connectivity index (χ1n) is 4.14. The molecular formula is C10H12F2O. The van der Waals surface area contributed by atoms with Gasteiger partial charge in [-0.15, -0.1) is 0 Å². The van der Waals surface area contributed by atoms with Crippen LogP contribution in [0.2, 0.25) is 0 Å². The van der Waals surface area contributed by atoms with Crippen LogP contribution in [0.25, 0.3) is 0 Å². The molecule has 0 saturated carbocycles. The van der Waals surface area contributed by atoms with Crippen molar-refractivity contribution < 1.29 is 13.9 Å². The third kappa shape index (κ3) is 2.49. The van der Waals surface area contributed by atoms with Crippen molar-refractivity contribution in [2.45, 2.75) is 25.4 Å². The van der Waals surface area contributed by atoms with Gasteiger partial charge in [0, 0.05) is 0 Å². The second kappa shape index (κ2) is 4.33. The predicted octanol–water partition coefficient (Wildman–Crippen LogP) is 2.42. The summed E-state index contributed by atoms with van der Waals surface area (Å²) in [6.45, 7) is 1.38. The summed E-state index contributed by atoms with van der Waals surface area (Å²) in [5.41, 5.74) is 0.479. The molecule has 1 aromatic carbocycles. The lowest BCUT2D eigenvalue weighted by Crippen LogP contribution is -2.21. The van der Waals surface area contributed by atoms with Crippen molar-refractivity contribution in [3.05, 3.63) is 35.9 Å². The summed E-state index contributed by atoms with van der Waals surface area (Å²) in [5, 5.41) is 9.16. The summed E-state index contributed by atoms with van der Waals surface area (Å²) in [6.07, 6.45) is -3.55. The molecule has 0 saturated heterocycles. The molecule has 1 nitrogen and oxygen atoms in total. The van der Waals surface area contributed by atoms with Crippen molar-refractivity contribution in [2.24, 2.45) is 0 Å². The van der Waals surface area contributed by atoms with Crippen molar-refractivity contribution in [3.8, 4) is 0 Å². The molecule has 0 heterocycles. The average Bonchev–Trinajstić information content (AvgIpc) is 2.04. The highest BCUT2D eigenvalue weighted by Gasteiger charge is 2.26. The van der Waals surface area contributed by atoms with Crippen LogP contribution in [-0.2, 0) is 0 Å². The molecule has 72 valence electrons. The van der Waals surface area contributed by atoms with Crippen LogP contribution in [-0.4, -0.2) is 17.6 Å². The van der Waals surface area contributed by atoms with Crippen LogP contribution in [0, 0.1) is 0 Å². The van der Waals surface area contributed by atoms with Crippen LogP contribution in [0.15, 0.2) is 30.3 Å². The number of aliphatic hydroxyl groups excluding tert-OH is 1. The first-order valence-corrected chi connectivity index (χ1v) is 4.14. The normalized spacial score (nSPS) is 15.8. The van der Waals surface area contributed by atoms with Crippen LogP contribution in [0.5, 0.6) is 0 Å². The molecule has 13 heavy (non-hydrogen) atoms. The fourth-order valence-electron chi connectivity index (χ4n) is 1.31. The average molecular weight is 186 g/mol. The van der Waals surface area contributed by atoms with Gasteiger partial charge in [0.25, 0.3) is 0 Å². The number of alkyl halides is 2. The summed E-state index contributed by atoms with van der Waals surface area (Å²) >= 11 is 0. The smallest absolute Gasteiger partial charge is 0.247 e. The molecule has 0 radical (unpaired) electrons. The Morgan fingerprint density at radius 2 is 1.69 bits per heavy atom. The molecule has 0 aromatic heterocycles. The maximum Gasteiger partial charge on any atom is 0.247 e. The summed E-state index contributed by atoms with van der Waals surface area (Å²) in [7, 11) is 0. The Hall–Kier alpha value is -0.960. The Morgan fingerprint density at radius 1 is 1.15 bits per heavy atom. The predicted molar refractivity (Wildman–Crippen MR) is 46.9 cm³/mol. The number of halogens is 2. The molecule has 0 fully saturated rings. The monoisotopic (exact) mass is 186 g/mol. The van der Waals surface area contributed by atoms with Gasteiger partial charge in [0.05, 0.1) is 12.0 Å². The zero-order valence-electron chi connectivity index (χ0n) is 7.32. The molecule has 1 rings (SSSR count). The number of aliphatic hydroxyl groups is 1. The molecule has 0 spiro atoms. The van der Waals surface area contributed by atoms with E-state index in [1.807, 2.05) is 0 Å². The van der Waals surface area contributed by atoms with E-state index in [1.54, 1.807) is 30.3 Å². The molecule has 1 N–H and O–H groups in total. The third-order valence-corrected chi connectivity index (χ3v) is 1.98. The summed E-state index contributed by atoms with van der Waals surface area (Å²) < 4.78 is 25.0. The Morgan fingerprint density at radius 3 is 2.08 bits per heavy atom. The van der Waals surface area contributed by atoms with Crippen molar-refractivity contribution in [3.63, 3.8) is 0 Å². The van der Waals surface area contributed by atoms with Gasteiger partial charge in [0.2, 0.25) is 6.43 Å². The van der Waals surface area contributed by atoms with Crippen molar-refractivity contribution in [2.75, 3.05) is 0 Å². The van der Waals surface area contributed by atoms with Crippen molar-refractivity contribution in [1.82, 2.24) is 0 Å². The first-order chi connectivity index (χ1) is 6.13. The molecule has 2 atom stereocenters. The lowest BCUT2D eigenvalue weighted by molar-refractivity contribution is 0.0415. The maximum atomic E-state index is 12.5. The zero-order chi connectivity index (χ0) is 9.84. The molecule has 0 aliphatic carbocycles. The van der Waals surface area contributed by atoms with E-state index in [0.717, 1.165) is 0 Å². The molecule has 1 aromatic rings. The first kappa shape index (κ1) is 10.1. The number of hydrogen-bond donors (Lipinski definition) is 1. The highest BCUT2D eigenvalue weighted by Crippen LogP contribution is 2.26. The summed E-state index contributed by atoms with van der Waals surface area (Å²) in [6, 6.07) is 8.33. The highest BCUT2D eigenvalue weighted by molar-refractivity contribution is 5.21. The van der Waals surface area contributed by atoms with Crippen LogP contribution < -0.4 is 0 Å². The molecular weight excluding hydrogens is 174 g/mol. The molecule has 0 amide bonds. The van der Waals surface area contributed by atoms with Gasteiger partial charge in [-0.25, -0.2) is 8.78 Å². The van der Waals surface area contributed by atoms with Crippen LogP contribution >= 0.6 is 0 Å². The van der Waals surface area contributed by atoms with E-state index in [0.29, 0.717) is 5.56 Å². The molecule has 0 bridgehead atoms. The zero-order valence-corrected chi connectivity index (χ0v) is 7.32. The van der Waals surface area contributed by atoms with Crippen molar-refractivity contribution >= 4 is 0 Å². The van der Waals surface area contributed by atoms with Gasteiger partial charge in [-0.3, -0.25) is 0 Å². The van der Waals surface area contributed by atoms with Gasteiger partial charge < -0.3 is 5.11 Å². The van der Waals surface area contributed by atoms with E-state index < -0.39 is 18.4 Å². The minimum atomic E-state index is -2.53. The van der Waals surface area contributed by atoms with Gasteiger partial charge in [-0.1, -0.05) is 30.3 Å². The van der Waals surface area contributed by atoms with Gasteiger partial charge in [0.15, 0.2) is 0 Å². The number of rotatable bonds is 3. The van der Waals surface area contributed by atoms with E-state index in [9.17, 15) is 8.78 Å². The second-order valence-corrected chi connectivity index (χ2v) is 3.01.